The third-order valence-corrected chi connectivity index (χ3v) is 6.69. The highest BCUT2D eigenvalue weighted by Crippen LogP contribution is 2.49. The summed E-state index contributed by atoms with van der Waals surface area (Å²) >= 11 is 0. The highest BCUT2D eigenvalue weighted by atomic mass is 16.5. The molecule has 4 aromatic rings. The Kier molecular flexibility index (Phi) is 6.59. The number of rotatable bonds is 7. The molecule has 9 heteroatoms. The van der Waals surface area contributed by atoms with Gasteiger partial charge in [-0.05, 0) is 35.9 Å². The van der Waals surface area contributed by atoms with Crippen molar-refractivity contribution in [3.05, 3.63) is 70.1 Å². The maximum Gasteiger partial charge on any atom is 0.312 e. The van der Waals surface area contributed by atoms with Gasteiger partial charge < -0.3 is 32.8 Å². The zero-order valence-electron chi connectivity index (χ0n) is 21.6. The van der Waals surface area contributed by atoms with E-state index in [0.29, 0.717) is 67.7 Å². The summed E-state index contributed by atoms with van der Waals surface area (Å²) < 4.78 is 39.0. The van der Waals surface area contributed by atoms with Crippen LogP contribution in [0.2, 0.25) is 0 Å². The lowest BCUT2D eigenvalue weighted by Gasteiger charge is -2.27. The third-order valence-electron chi connectivity index (χ3n) is 6.69. The highest BCUT2D eigenvalue weighted by Gasteiger charge is 2.35. The molecule has 1 aromatic heterocycles. The lowest BCUT2D eigenvalue weighted by molar-refractivity contribution is -0.135. The van der Waals surface area contributed by atoms with Gasteiger partial charge in [0.05, 0.1) is 52.9 Å². The van der Waals surface area contributed by atoms with Crippen molar-refractivity contribution >= 4 is 16.9 Å². The molecule has 1 atom stereocenters. The van der Waals surface area contributed by atoms with E-state index in [9.17, 15) is 9.59 Å². The van der Waals surface area contributed by atoms with Crippen LogP contribution in [0.15, 0.2) is 57.9 Å². The molecule has 0 N–H and O–H groups in total. The largest absolute Gasteiger partial charge is 0.493 e. The third kappa shape index (κ3) is 3.96. The maximum atomic E-state index is 13.7. The van der Waals surface area contributed by atoms with Crippen LogP contribution in [-0.4, -0.2) is 41.5 Å². The predicted molar refractivity (Wildman–Crippen MR) is 139 cm³/mol. The molecule has 0 spiro atoms. The first-order chi connectivity index (χ1) is 18.4. The fourth-order valence-electron chi connectivity index (χ4n) is 4.92. The molecule has 2 heterocycles. The molecule has 1 aliphatic rings. The van der Waals surface area contributed by atoms with Gasteiger partial charge in [-0.15, -0.1) is 0 Å². The molecular formula is C29H26O9. The number of hydrogen-bond acceptors (Lipinski definition) is 9. The second-order valence-corrected chi connectivity index (χ2v) is 8.56. The van der Waals surface area contributed by atoms with E-state index in [4.69, 9.17) is 32.8 Å². The summed E-state index contributed by atoms with van der Waals surface area (Å²) in [4.78, 5) is 26.3. The van der Waals surface area contributed by atoms with Crippen LogP contribution >= 0.6 is 0 Å². The molecule has 1 aliphatic heterocycles. The molecule has 5 rings (SSSR count). The second kappa shape index (κ2) is 10.0. The summed E-state index contributed by atoms with van der Waals surface area (Å²) in [5.41, 5.74) is 2.29. The van der Waals surface area contributed by atoms with Gasteiger partial charge in [0.2, 0.25) is 11.2 Å². The summed E-state index contributed by atoms with van der Waals surface area (Å²) in [7, 11) is 7.63. The molecule has 0 saturated heterocycles. The standard InChI is InChI=1S/C29H26O9/c1-32-20-9-6-15(12-23(20)34-3)19-14-37-27-17(26(19)31)8-10-21-25(27)18(13-24(30)38-21)16-7-11-22(33-2)29(36-5)28(16)35-4/h6-12,14,18H,13H2,1-5H3/t18-/m0/s1. The predicted octanol–water partition coefficient (Wildman–Crippen LogP) is 4.94. The van der Waals surface area contributed by atoms with Crippen molar-refractivity contribution in [1.82, 2.24) is 0 Å². The van der Waals surface area contributed by atoms with E-state index in [2.05, 4.69) is 0 Å². The van der Waals surface area contributed by atoms with Crippen LogP contribution in [0.1, 0.15) is 23.5 Å². The first-order valence-corrected chi connectivity index (χ1v) is 11.8. The van der Waals surface area contributed by atoms with Crippen molar-refractivity contribution in [2.45, 2.75) is 12.3 Å². The molecule has 0 radical (unpaired) electrons. The van der Waals surface area contributed by atoms with Gasteiger partial charge in [-0.3, -0.25) is 9.59 Å². The van der Waals surface area contributed by atoms with Crippen LogP contribution in [0.25, 0.3) is 22.1 Å². The minimum Gasteiger partial charge on any atom is -0.493 e. The van der Waals surface area contributed by atoms with E-state index in [-0.39, 0.29) is 11.8 Å². The second-order valence-electron chi connectivity index (χ2n) is 8.56. The molecule has 0 aliphatic carbocycles. The van der Waals surface area contributed by atoms with Gasteiger partial charge in [0, 0.05) is 17.0 Å². The zero-order valence-corrected chi connectivity index (χ0v) is 21.6. The molecule has 0 unspecified atom stereocenters. The summed E-state index contributed by atoms with van der Waals surface area (Å²) in [5.74, 6) is 1.70. The topological polar surface area (TPSA) is 103 Å². The number of carbonyl (C=O) groups excluding carboxylic acids is 1. The molecule has 0 fully saturated rings. The number of esters is 1. The van der Waals surface area contributed by atoms with Crippen molar-refractivity contribution in [1.29, 1.82) is 0 Å². The molecule has 196 valence electrons. The van der Waals surface area contributed by atoms with E-state index in [0.717, 1.165) is 0 Å². The molecule has 0 amide bonds. The fourth-order valence-corrected chi connectivity index (χ4v) is 4.92. The van der Waals surface area contributed by atoms with E-state index in [1.54, 1.807) is 43.5 Å². The van der Waals surface area contributed by atoms with Crippen LogP contribution in [0.3, 0.4) is 0 Å². The zero-order chi connectivity index (χ0) is 27.0. The number of benzene rings is 3. The smallest absolute Gasteiger partial charge is 0.312 e. The lowest BCUT2D eigenvalue weighted by Crippen LogP contribution is -2.22. The van der Waals surface area contributed by atoms with Crippen molar-refractivity contribution < 1.29 is 37.6 Å². The minimum atomic E-state index is -0.528. The molecule has 38 heavy (non-hydrogen) atoms. The summed E-state index contributed by atoms with van der Waals surface area (Å²) in [6.45, 7) is 0. The van der Waals surface area contributed by atoms with Gasteiger partial charge >= 0.3 is 5.97 Å². The number of hydrogen-bond donors (Lipinski definition) is 0. The van der Waals surface area contributed by atoms with E-state index >= 15 is 0 Å². The lowest BCUT2D eigenvalue weighted by atomic mass is 9.84. The Morgan fingerprint density at radius 2 is 1.47 bits per heavy atom. The van der Waals surface area contributed by atoms with Gasteiger partial charge in [-0.1, -0.05) is 12.1 Å². The van der Waals surface area contributed by atoms with E-state index in [1.165, 1.54) is 34.7 Å². The van der Waals surface area contributed by atoms with Gasteiger partial charge in [0.15, 0.2) is 23.0 Å². The summed E-state index contributed by atoms with van der Waals surface area (Å²) in [6.07, 6.45) is 1.42. The van der Waals surface area contributed by atoms with Crippen LogP contribution in [0.4, 0.5) is 0 Å². The number of fused-ring (bicyclic) bond motifs is 3. The minimum absolute atomic E-state index is 0.0130. The van der Waals surface area contributed by atoms with Gasteiger partial charge in [-0.2, -0.15) is 0 Å². The maximum absolute atomic E-state index is 13.7. The van der Waals surface area contributed by atoms with Crippen LogP contribution in [0.5, 0.6) is 34.5 Å². The number of methoxy groups -OCH3 is 5. The Labute approximate surface area is 218 Å². The molecule has 3 aromatic carbocycles. The number of carbonyl (C=O) groups is 1. The Morgan fingerprint density at radius 1 is 0.763 bits per heavy atom. The van der Waals surface area contributed by atoms with Gasteiger partial charge in [0.25, 0.3) is 0 Å². The molecular weight excluding hydrogens is 492 g/mol. The van der Waals surface area contributed by atoms with Crippen LogP contribution < -0.4 is 33.8 Å². The Morgan fingerprint density at radius 3 is 2.16 bits per heavy atom. The van der Waals surface area contributed by atoms with Gasteiger partial charge in [-0.25, -0.2) is 0 Å². The van der Waals surface area contributed by atoms with Crippen molar-refractivity contribution in [3.63, 3.8) is 0 Å². The fraction of sp³-hybridized carbons (Fsp3) is 0.241. The van der Waals surface area contributed by atoms with Crippen molar-refractivity contribution in [2.24, 2.45) is 0 Å². The van der Waals surface area contributed by atoms with E-state index in [1.807, 2.05) is 6.07 Å². The van der Waals surface area contributed by atoms with Gasteiger partial charge in [0.1, 0.15) is 17.6 Å². The number of ether oxygens (including phenoxy) is 6. The Balaban J connectivity index is 1.72. The first-order valence-electron chi connectivity index (χ1n) is 11.8. The summed E-state index contributed by atoms with van der Waals surface area (Å²) in [5, 5.41) is 0.346. The Bertz CT molecular complexity index is 1600. The van der Waals surface area contributed by atoms with Crippen LogP contribution in [0, 0.1) is 0 Å². The first kappa shape index (κ1) is 25.0. The monoisotopic (exact) mass is 518 g/mol. The highest BCUT2D eigenvalue weighted by molar-refractivity contribution is 5.90. The quantitative estimate of drug-likeness (QED) is 0.248. The molecule has 9 nitrogen and oxygen atoms in total. The summed E-state index contributed by atoms with van der Waals surface area (Å²) in [6, 6.07) is 12.0. The van der Waals surface area contributed by atoms with E-state index < -0.39 is 11.9 Å². The van der Waals surface area contributed by atoms with Crippen LogP contribution in [-0.2, 0) is 4.79 Å². The molecule has 0 saturated carbocycles. The van der Waals surface area contributed by atoms with Crippen molar-refractivity contribution in [2.75, 3.05) is 35.5 Å². The average Bonchev–Trinajstić information content (AvgIpc) is 2.95. The Hall–Kier alpha value is -4.66. The normalized spacial score (nSPS) is 14.4. The SMILES string of the molecule is COc1ccc(-c2coc3c4c(ccc3c2=O)OC(=O)C[C@H]4c2ccc(OC)c(OC)c2OC)cc1OC. The molecule has 0 bridgehead atoms. The average molecular weight is 519 g/mol. The van der Waals surface area contributed by atoms with Crippen molar-refractivity contribution in [3.8, 4) is 45.6 Å².